The van der Waals surface area contributed by atoms with Crippen molar-refractivity contribution in [1.82, 2.24) is 15.0 Å². The van der Waals surface area contributed by atoms with Gasteiger partial charge in [0.2, 0.25) is 5.89 Å². The maximum absolute atomic E-state index is 5.63. The third-order valence-electron chi connectivity index (χ3n) is 2.25. The fourth-order valence-electron chi connectivity index (χ4n) is 1.12. The van der Waals surface area contributed by atoms with E-state index < -0.39 is 0 Å². The zero-order valence-electron chi connectivity index (χ0n) is 9.38. The normalized spacial score (nSPS) is 15.8. The van der Waals surface area contributed by atoms with Crippen molar-refractivity contribution in [1.29, 1.82) is 0 Å². The van der Waals surface area contributed by atoms with Crippen molar-refractivity contribution < 1.29 is 4.52 Å². The molecule has 0 atom stereocenters. The predicted molar refractivity (Wildman–Crippen MR) is 70.7 cm³/mol. The van der Waals surface area contributed by atoms with Crippen LogP contribution in [-0.4, -0.2) is 35.1 Å². The lowest BCUT2D eigenvalue weighted by molar-refractivity contribution is 0.374. The van der Waals surface area contributed by atoms with Crippen molar-refractivity contribution in [2.24, 2.45) is 10.7 Å². The highest BCUT2D eigenvalue weighted by molar-refractivity contribution is 14.0. The van der Waals surface area contributed by atoms with Crippen molar-refractivity contribution >= 4 is 29.9 Å². The number of aromatic nitrogens is 2. The minimum atomic E-state index is 0. The Morgan fingerprint density at radius 1 is 1.56 bits per heavy atom. The summed E-state index contributed by atoms with van der Waals surface area (Å²) < 4.78 is 5.10. The first-order valence-electron chi connectivity index (χ1n) is 4.96. The van der Waals surface area contributed by atoms with Gasteiger partial charge in [-0.05, 0) is 12.8 Å². The standard InChI is InChI=1S/C9H15N5O.HI/c1-14(2)9(10)11-5-7-12-8(15-13-7)6-3-4-6;/h6H,3-5H2,1-2H3,(H2,10,11);1H. The zero-order valence-corrected chi connectivity index (χ0v) is 11.7. The molecular formula is C9H16IN5O. The molecule has 0 bridgehead atoms. The summed E-state index contributed by atoms with van der Waals surface area (Å²) in [6, 6.07) is 0. The van der Waals surface area contributed by atoms with E-state index in [9.17, 15) is 0 Å². The van der Waals surface area contributed by atoms with E-state index in [-0.39, 0.29) is 24.0 Å². The van der Waals surface area contributed by atoms with Crippen LogP contribution >= 0.6 is 24.0 Å². The van der Waals surface area contributed by atoms with Gasteiger partial charge < -0.3 is 15.2 Å². The molecule has 1 aromatic heterocycles. The molecule has 0 aromatic carbocycles. The second-order valence-corrected chi connectivity index (χ2v) is 3.89. The fraction of sp³-hybridized carbons (Fsp3) is 0.667. The lowest BCUT2D eigenvalue weighted by Crippen LogP contribution is -2.30. The van der Waals surface area contributed by atoms with E-state index in [0.29, 0.717) is 24.2 Å². The van der Waals surface area contributed by atoms with Crippen LogP contribution in [0.3, 0.4) is 0 Å². The minimum absolute atomic E-state index is 0. The van der Waals surface area contributed by atoms with Crippen LogP contribution < -0.4 is 5.73 Å². The quantitative estimate of drug-likeness (QED) is 0.504. The molecule has 1 aromatic rings. The van der Waals surface area contributed by atoms with Crippen LogP contribution in [0.2, 0.25) is 0 Å². The van der Waals surface area contributed by atoms with Crippen LogP contribution in [0, 0.1) is 0 Å². The van der Waals surface area contributed by atoms with Crippen LogP contribution in [-0.2, 0) is 6.54 Å². The van der Waals surface area contributed by atoms with Gasteiger partial charge in [0, 0.05) is 20.0 Å². The van der Waals surface area contributed by atoms with E-state index >= 15 is 0 Å². The highest BCUT2D eigenvalue weighted by Crippen LogP contribution is 2.38. The molecule has 0 radical (unpaired) electrons. The molecule has 0 unspecified atom stereocenters. The summed E-state index contributed by atoms with van der Waals surface area (Å²) in [4.78, 5) is 10.1. The Morgan fingerprint density at radius 3 is 2.81 bits per heavy atom. The SMILES string of the molecule is CN(C)C(N)=NCc1noc(C2CC2)n1.I. The third-order valence-corrected chi connectivity index (χ3v) is 2.25. The van der Waals surface area contributed by atoms with E-state index in [1.54, 1.807) is 4.90 Å². The first-order chi connectivity index (χ1) is 7.16. The summed E-state index contributed by atoms with van der Waals surface area (Å²) in [7, 11) is 3.68. The van der Waals surface area contributed by atoms with Gasteiger partial charge in [0.25, 0.3) is 0 Å². The summed E-state index contributed by atoms with van der Waals surface area (Å²) >= 11 is 0. The van der Waals surface area contributed by atoms with Gasteiger partial charge >= 0.3 is 0 Å². The molecule has 7 heteroatoms. The smallest absolute Gasteiger partial charge is 0.229 e. The van der Waals surface area contributed by atoms with Gasteiger partial charge in [0.1, 0.15) is 6.54 Å². The molecule has 0 aliphatic heterocycles. The summed E-state index contributed by atoms with van der Waals surface area (Å²) in [5, 5.41) is 3.84. The van der Waals surface area contributed by atoms with Crippen molar-refractivity contribution in [2.45, 2.75) is 25.3 Å². The summed E-state index contributed by atoms with van der Waals surface area (Å²) in [5.41, 5.74) is 5.63. The molecule has 2 rings (SSSR count). The highest BCUT2D eigenvalue weighted by Gasteiger charge is 2.29. The number of guanidine groups is 1. The number of hydrogen-bond donors (Lipinski definition) is 1. The van der Waals surface area contributed by atoms with Gasteiger partial charge in [0.05, 0.1) is 0 Å². The largest absolute Gasteiger partial charge is 0.370 e. The fourth-order valence-corrected chi connectivity index (χ4v) is 1.12. The molecule has 1 aliphatic rings. The van der Waals surface area contributed by atoms with Gasteiger partial charge in [-0.15, -0.1) is 24.0 Å². The van der Waals surface area contributed by atoms with Gasteiger partial charge in [-0.3, -0.25) is 0 Å². The molecule has 16 heavy (non-hydrogen) atoms. The Labute approximate surface area is 111 Å². The summed E-state index contributed by atoms with van der Waals surface area (Å²) in [5.74, 6) is 2.29. The summed E-state index contributed by atoms with van der Waals surface area (Å²) in [6.07, 6.45) is 2.31. The van der Waals surface area contributed by atoms with Crippen LogP contribution in [0.25, 0.3) is 0 Å². The van der Waals surface area contributed by atoms with Gasteiger partial charge in [-0.25, -0.2) is 4.99 Å². The molecular weight excluding hydrogens is 321 g/mol. The molecule has 0 spiro atoms. The number of aliphatic imine (C=N–C) groups is 1. The molecule has 2 N–H and O–H groups in total. The van der Waals surface area contributed by atoms with Gasteiger partial charge in [-0.2, -0.15) is 4.98 Å². The first-order valence-corrected chi connectivity index (χ1v) is 4.96. The van der Waals surface area contributed by atoms with E-state index in [1.165, 1.54) is 0 Å². The molecule has 0 saturated heterocycles. The van der Waals surface area contributed by atoms with Gasteiger partial charge in [-0.1, -0.05) is 5.16 Å². The molecule has 1 aliphatic carbocycles. The van der Waals surface area contributed by atoms with Crippen LogP contribution in [0.4, 0.5) is 0 Å². The lowest BCUT2D eigenvalue weighted by atomic mass is 10.4. The Kier molecular flexibility index (Phi) is 4.51. The lowest BCUT2D eigenvalue weighted by Gasteiger charge is -2.09. The molecule has 0 amide bonds. The van der Waals surface area contributed by atoms with E-state index in [1.807, 2.05) is 14.1 Å². The average Bonchev–Trinajstić information content (AvgIpc) is 2.95. The Bertz CT molecular complexity index is 372. The second kappa shape index (κ2) is 5.46. The van der Waals surface area contributed by atoms with Crippen LogP contribution in [0.15, 0.2) is 9.52 Å². The van der Waals surface area contributed by atoms with E-state index in [2.05, 4.69) is 15.1 Å². The number of halogens is 1. The number of rotatable bonds is 3. The number of nitrogens with two attached hydrogens (primary N) is 1. The average molecular weight is 337 g/mol. The predicted octanol–water partition coefficient (Wildman–Crippen LogP) is 0.941. The molecule has 1 heterocycles. The highest BCUT2D eigenvalue weighted by atomic mass is 127. The first kappa shape index (κ1) is 13.2. The Hall–Kier alpha value is -0.860. The summed E-state index contributed by atoms with van der Waals surface area (Å²) in [6.45, 7) is 0.375. The maximum atomic E-state index is 5.63. The third kappa shape index (κ3) is 3.32. The van der Waals surface area contributed by atoms with E-state index in [4.69, 9.17) is 10.3 Å². The van der Waals surface area contributed by atoms with Crippen LogP contribution in [0.1, 0.15) is 30.5 Å². The van der Waals surface area contributed by atoms with Gasteiger partial charge in [0.15, 0.2) is 11.8 Å². The van der Waals surface area contributed by atoms with Crippen LogP contribution in [0.5, 0.6) is 0 Å². The number of nitrogens with zero attached hydrogens (tertiary/aromatic N) is 4. The Morgan fingerprint density at radius 2 is 2.25 bits per heavy atom. The molecule has 90 valence electrons. The monoisotopic (exact) mass is 337 g/mol. The molecule has 1 saturated carbocycles. The zero-order chi connectivity index (χ0) is 10.8. The molecule has 1 fully saturated rings. The van der Waals surface area contributed by atoms with E-state index in [0.717, 1.165) is 18.7 Å². The van der Waals surface area contributed by atoms with Crippen molar-refractivity contribution in [3.05, 3.63) is 11.7 Å². The topological polar surface area (TPSA) is 80.5 Å². The minimum Gasteiger partial charge on any atom is -0.370 e. The molecule has 6 nitrogen and oxygen atoms in total. The maximum Gasteiger partial charge on any atom is 0.229 e. The Balaban J connectivity index is 0.00000128. The number of hydrogen-bond acceptors (Lipinski definition) is 4. The second-order valence-electron chi connectivity index (χ2n) is 3.89. The van der Waals surface area contributed by atoms with Crippen molar-refractivity contribution in [2.75, 3.05) is 14.1 Å². The van der Waals surface area contributed by atoms with Crippen molar-refractivity contribution in [3.8, 4) is 0 Å². The van der Waals surface area contributed by atoms with Crippen molar-refractivity contribution in [3.63, 3.8) is 0 Å².